The molecule has 1 nitrogen and oxygen atoms in total. The summed E-state index contributed by atoms with van der Waals surface area (Å²) in [5, 5.41) is 1.96. The van der Waals surface area contributed by atoms with Crippen molar-refractivity contribution < 1.29 is 4.79 Å². The van der Waals surface area contributed by atoms with Crippen molar-refractivity contribution in [1.82, 2.24) is 0 Å². The summed E-state index contributed by atoms with van der Waals surface area (Å²) >= 11 is 7.58. The van der Waals surface area contributed by atoms with Gasteiger partial charge in [0.05, 0.1) is 0 Å². The van der Waals surface area contributed by atoms with Gasteiger partial charge in [-0.25, -0.2) is 0 Å². The number of hydrogen-bond acceptors (Lipinski definition) is 2. The number of hydrogen-bond donors (Lipinski definition) is 0. The zero-order valence-electron chi connectivity index (χ0n) is 8.16. The maximum atomic E-state index is 10.6. The second kappa shape index (κ2) is 4.17. The largest absolute Gasteiger partial charge is 0.298 e. The normalized spacial score (nSPS) is 10.3. The Morgan fingerprint density at radius 1 is 1.27 bits per heavy atom. The third-order valence-corrected chi connectivity index (χ3v) is 3.46. The number of aldehydes is 1. The van der Waals surface area contributed by atoms with Gasteiger partial charge in [0.25, 0.3) is 0 Å². The average molecular weight is 237 g/mol. The number of rotatable bonds is 2. The predicted octanol–water partition coefficient (Wildman–Crippen LogP) is 4.19. The van der Waals surface area contributed by atoms with E-state index >= 15 is 0 Å². The summed E-state index contributed by atoms with van der Waals surface area (Å²) in [5.41, 5.74) is 3.89. The second-order valence-corrected chi connectivity index (χ2v) is 4.82. The number of carbonyl (C=O) groups is 1. The van der Waals surface area contributed by atoms with Crippen LogP contribution in [0.3, 0.4) is 0 Å². The molecule has 76 valence electrons. The number of halogens is 1. The minimum absolute atomic E-state index is 0.697. The Balaban J connectivity index is 2.55. The monoisotopic (exact) mass is 236 g/mol. The molecule has 0 amide bonds. The van der Waals surface area contributed by atoms with Crippen molar-refractivity contribution in [1.29, 1.82) is 0 Å². The van der Waals surface area contributed by atoms with Crippen LogP contribution < -0.4 is 0 Å². The Kier molecular flexibility index (Phi) is 2.89. The molecule has 0 saturated heterocycles. The predicted molar refractivity (Wildman–Crippen MR) is 64.9 cm³/mol. The van der Waals surface area contributed by atoms with Gasteiger partial charge >= 0.3 is 0 Å². The highest BCUT2D eigenvalue weighted by Crippen LogP contribution is 2.34. The van der Waals surface area contributed by atoms with Gasteiger partial charge in [0, 0.05) is 11.1 Å². The molecule has 0 atom stereocenters. The number of aryl methyl sites for hydroxylation is 1. The fourth-order valence-electron chi connectivity index (χ4n) is 1.55. The van der Waals surface area contributed by atoms with E-state index < -0.39 is 0 Å². The van der Waals surface area contributed by atoms with E-state index in [-0.39, 0.29) is 0 Å². The van der Waals surface area contributed by atoms with Gasteiger partial charge in [-0.1, -0.05) is 23.7 Å². The van der Waals surface area contributed by atoms with Crippen LogP contribution in [0.5, 0.6) is 0 Å². The van der Waals surface area contributed by atoms with Crippen LogP contribution >= 0.6 is 22.9 Å². The first-order valence-corrected chi connectivity index (χ1v) is 5.77. The lowest BCUT2D eigenvalue weighted by atomic mass is 10.0. The summed E-state index contributed by atoms with van der Waals surface area (Å²) in [7, 11) is 0. The first-order chi connectivity index (χ1) is 7.22. The van der Waals surface area contributed by atoms with Gasteiger partial charge in [0.2, 0.25) is 0 Å². The maximum Gasteiger partial charge on any atom is 0.150 e. The van der Waals surface area contributed by atoms with E-state index in [1.165, 1.54) is 11.3 Å². The minimum atomic E-state index is 0.697. The Labute approximate surface area is 97.3 Å². The van der Waals surface area contributed by atoms with Gasteiger partial charge in [-0.05, 0) is 35.6 Å². The zero-order chi connectivity index (χ0) is 10.8. The van der Waals surface area contributed by atoms with E-state index in [0.29, 0.717) is 5.56 Å². The van der Waals surface area contributed by atoms with Crippen LogP contribution in [-0.4, -0.2) is 6.29 Å². The van der Waals surface area contributed by atoms with E-state index in [0.717, 1.165) is 27.3 Å². The minimum Gasteiger partial charge on any atom is -0.298 e. The topological polar surface area (TPSA) is 17.1 Å². The molecule has 0 aliphatic rings. The molecule has 15 heavy (non-hydrogen) atoms. The molecule has 1 aromatic heterocycles. The molecule has 2 aromatic rings. The van der Waals surface area contributed by atoms with E-state index in [2.05, 4.69) is 0 Å². The molecule has 0 unspecified atom stereocenters. The fraction of sp³-hybridized carbons (Fsp3) is 0.0833. The Hall–Kier alpha value is -1.12. The van der Waals surface area contributed by atoms with Crippen LogP contribution in [0.25, 0.3) is 11.1 Å². The van der Waals surface area contributed by atoms with Crippen LogP contribution in [0.15, 0.2) is 29.6 Å². The van der Waals surface area contributed by atoms with Crippen LogP contribution in [0.4, 0.5) is 0 Å². The molecular formula is C12H9ClOS. The molecule has 0 fully saturated rings. The molecule has 3 heteroatoms. The van der Waals surface area contributed by atoms with E-state index in [1.807, 2.05) is 36.6 Å². The first kappa shape index (κ1) is 10.4. The SMILES string of the molecule is Cc1cc(C=O)ccc1-c1ccsc1Cl. The van der Waals surface area contributed by atoms with Gasteiger partial charge in [-0.3, -0.25) is 4.79 Å². The fourth-order valence-corrected chi connectivity index (χ4v) is 2.50. The summed E-state index contributed by atoms with van der Waals surface area (Å²) in [6, 6.07) is 7.61. The Morgan fingerprint density at radius 3 is 2.60 bits per heavy atom. The molecule has 0 radical (unpaired) electrons. The van der Waals surface area contributed by atoms with Crippen molar-refractivity contribution in [3.05, 3.63) is 45.1 Å². The van der Waals surface area contributed by atoms with Crippen molar-refractivity contribution in [3.63, 3.8) is 0 Å². The van der Waals surface area contributed by atoms with Crippen LogP contribution in [-0.2, 0) is 0 Å². The highest BCUT2D eigenvalue weighted by molar-refractivity contribution is 7.15. The average Bonchev–Trinajstić information content (AvgIpc) is 2.64. The summed E-state index contributed by atoms with van der Waals surface area (Å²) in [4.78, 5) is 10.6. The summed E-state index contributed by atoms with van der Waals surface area (Å²) in [6.45, 7) is 1.98. The van der Waals surface area contributed by atoms with E-state index in [1.54, 1.807) is 0 Å². The summed E-state index contributed by atoms with van der Waals surface area (Å²) < 4.78 is 0.789. The van der Waals surface area contributed by atoms with Gasteiger partial charge < -0.3 is 0 Å². The number of benzene rings is 1. The first-order valence-electron chi connectivity index (χ1n) is 4.51. The standard InChI is InChI=1S/C12H9ClOS/c1-8-6-9(7-14)2-3-10(8)11-4-5-15-12(11)13/h2-7H,1H3. The third kappa shape index (κ3) is 1.96. The quantitative estimate of drug-likeness (QED) is 0.715. The van der Waals surface area contributed by atoms with Gasteiger partial charge in [0.15, 0.2) is 0 Å². The van der Waals surface area contributed by atoms with Gasteiger partial charge in [-0.15, -0.1) is 11.3 Å². The van der Waals surface area contributed by atoms with Crippen molar-refractivity contribution in [2.75, 3.05) is 0 Å². The second-order valence-electron chi connectivity index (χ2n) is 3.30. The Bertz CT molecular complexity index is 502. The highest BCUT2D eigenvalue weighted by atomic mass is 35.5. The summed E-state index contributed by atoms with van der Waals surface area (Å²) in [5.74, 6) is 0. The smallest absolute Gasteiger partial charge is 0.150 e. The third-order valence-electron chi connectivity index (χ3n) is 2.29. The van der Waals surface area contributed by atoms with Crippen molar-refractivity contribution in [2.24, 2.45) is 0 Å². The van der Waals surface area contributed by atoms with E-state index in [4.69, 9.17) is 11.6 Å². The molecule has 2 rings (SSSR count). The zero-order valence-corrected chi connectivity index (χ0v) is 9.73. The lowest BCUT2D eigenvalue weighted by molar-refractivity contribution is 0.112. The lowest BCUT2D eigenvalue weighted by Gasteiger charge is -2.04. The van der Waals surface area contributed by atoms with Crippen molar-refractivity contribution in [3.8, 4) is 11.1 Å². The van der Waals surface area contributed by atoms with Crippen molar-refractivity contribution >= 4 is 29.2 Å². The molecule has 1 heterocycles. The van der Waals surface area contributed by atoms with Crippen LogP contribution in [0.2, 0.25) is 4.34 Å². The van der Waals surface area contributed by atoms with Gasteiger partial charge in [-0.2, -0.15) is 0 Å². The van der Waals surface area contributed by atoms with Crippen LogP contribution in [0, 0.1) is 6.92 Å². The molecule has 0 aliphatic carbocycles. The molecule has 0 spiro atoms. The van der Waals surface area contributed by atoms with Gasteiger partial charge in [0.1, 0.15) is 10.6 Å². The van der Waals surface area contributed by atoms with Crippen LogP contribution in [0.1, 0.15) is 15.9 Å². The molecular weight excluding hydrogens is 228 g/mol. The molecule has 0 saturated carbocycles. The summed E-state index contributed by atoms with van der Waals surface area (Å²) in [6.07, 6.45) is 0.853. The van der Waals surface area contributed by atoms with E-state index in [9.17, 15) is 4.79 Å². The number of carbonyl (C=O) groups excluding carboxylic acids is 1. The lowest BCUT2D eigenvalue weighted by Crippen LogP contribution is -1.85. The molecule has 1 aromatic carbocycles. The Morgan fingerprint density at radius 2 is 2.07 bits per heavy atom. The molecule has 0 bridgehead atoms. The number of thiophene rings is 1. The molecule has 0 aliphatic heterocycles. The molecule has 0 N–H and O–H groups in total. The maximum absolute atomic E-state index is 10.6. The highest BCUT2D eigenvalue weighted by Gasteiger charge is 2.07. The van der Waals surface area contributed by atoms with Crippen molar-refractivity contribution in [2.45, 2.75) is 6.92 Å².